The van der Waals surface area contributed by atoms with Crippen LogP contribution in [0.4, 0.5) is 0 Å². The van der Waals surface area contributed by atoms with Gasteiger partial charge in [0.15, 0.2) is 0 Å². The van der Waals surface area contributed by atoms with Crippen LogP contribution in [0.3, 0.4) is 0 Å². The zero-order chi connectivity index (χ0) is 10.8. The molecular formula is C10H12INO2S. The van der Waals surface area contributed by atoms with Crippen LogP contribution in [0.1, 0.15) is 23.2 Å². The van der Waals surface area contributed by atoms with Crippen LogP contribution in [0, 0.1) is 2.88 Å². The molecule has 3 nitrogen and oxygen atoms in total. The van der Waals surface area contributed by atoms with Crippen molar-refractivity contribution in [1.29, 1.82) is 0 Å². The Labute approximate surface area is 106 Å². The van der Waals surface area contributed by atoms with E-state index < -0.39 is 0 Å². The molecule has 0 bridgehead atoms. The van der Waals surface area contributed by atoms with Gasteiger partial charge >= 0.3 is 0 Å². The van der Waals surface area contributed by atoms with Crippen molar-refractivity contribution in [3.05, 3.63) is 19.9 Å². The number of aliphatic hydroxyl groups is 1. The van der Waals surface area contributed by atoms with Crippen molar-refractivity contribution in [2.45, 2.75) is 18.9 Å². The van der Waals surface area contributed by atoms with E-state index in [2.05, 4.69) is 22.6 Å². The monoisotopic (exact) mass is 337 g/mol. The number of nitrogens with zero attached hydrogens (tertiary/aromatic N) is 1. The molecular weight excluding hydrogens is 325 g/mol. The van der Waals surface area contributed by atoms with Gasteiger partial charge in [-0.3, -0.25) is 4.79 Å². The number of amides is 1. The Bertz CT molecular complexity index is 366. The maximum absolute atomic E-state index is 12.0. The van der Waals surface area contributed by atoms with Gasteiger partial charge < -0.3 is 10.0 Å². The number of likely N-dealkylation sites (tertiary alicyclic amines) is 1. The minimum Gasteiger partial charge on any atom is -0.391 e. The van der Waals surface area contributed by atoms with E-state index in [9.17, 15) is 9.90 Å². The third kappa shape index (κ3) is 2.70. The molecule has 1 aromatic rings. The van der Waals surface area contributed by atoms with E-state index in [0.29, 0.717) is 6.54 Å². The molecule has 1 aromatic heterocycles. The van der Waals surface area contributed by atoms with Crippen LogP contribution in [0.2, 0.25) is 0 Å². The summed E-state index contributed by atoms with van der Waals surface area (Å²) in [5, 5.41) is 11.4. The van der Waals surface area contributed by atoms with E-state index in [1.165, 1.54) is 0 Å². The molecule has 1 atom stereocenters. The molecule has 5 heteroatoms. The average molecular weight is 337 g/mol. The summed E-state index contributed by atoms with van der Waals surface area (Å²) in [6, 6.07) is 1.90. The first kappa shape index (κ1) is 11.3. The van der Waals surface area contributed by atoms with Gasteiger partial charge in [0.25, 0.3) is 5.91 Å². The van der Waals surface area contributed by atoms with Crippen molar-refractivity contribution < 1.29 is 9.90 Å². The summed E-state index contributed by atoms with van der Waals surface area (Å²) in [5.41, 5.74) is 0.749. The second-order valence-corrected chi connectivity index (χ2v) is 6.49. The summed E-state index contributed by atoms with van der Waals surface area (Å²) in [6.45, 7) is 1.24. The fourth-order valence-electron chi connectivity index (χ4n) is 1.74. The first-order chi connectivity index (χ1) is 7.16. The Kier molecular flexibility index (Phi) is 3.63. The van der Waals surface area contributed by atoms with Gasteiger partial charge in [0.2, 0.25) is 0 Å². The molecule has 1 amide bonds. The van der Waals surface area contributed by atoms with E-state index in [0.717, 1.165) is 27.8 Å². The number of carbonyl (C=O) groups is 1. The van der Waals surface area contributed by atoms with Crippen molar-refractivity contribution in [1.82, 2.24) is 4.90 Å². The topological polar surface area (TPSA) is 40.5 Å². The van der Waals surface area contributed by atoms with Crippen molar-refractivity contribution in [3.8, 4) is 0 Å². The summed E-state index contributed by atoms with van der Waals surface area (Å²) < 4.78 is 1.12. The quantitative estimate of drug-likeness (QED) is 0.796. The first-order valence-electron chi connectivity index (χ1n) is 4.88. The minimum atomic E-state index is -0.347. The average Bonchev–Trinajstić information content (AvgIpc) is 2.64. The van der Waals surface area contributed by atoms with E-state index in [-0.39, 0.29) is 12.0 Å². The van der Waals surface area contributed by atoms with Gasteiger partial charge in [-0.05, 0) is 41.5 Å². The van der Waals surface area contributed by atoms with Crippen molar-refractivity contribution in [2.75, 3.05) is 13.1 Å². The molecule has 1 fully saturated rings. The zero-order valence-corrected chi connectivity index (χ0v) is 11.1. The normalized spacial score (nSPS) is 21.7. The van der Waals surface area contributed by atoms with Crippen LogP contribution in [0.25, 0.3) is 0 Å². The second-order valence-electron chi connectivity index (χ2n) is 3.69. The minimum absolute atomic E-state index is 0.0490. The number of carbonyl (C=O) groups excluding carboxylic acids is 1. The van der Waals surface area contributed by atoms with E-state index in [1.54, 1.807) is 16.2 Å². The molecule has 2 heterocycles. The summed E-state index contributed by atoms with van der Waals surface area (Å²) in [5.74, 6) is 0.0490. The lowest BCUT2D eigenvalue weighted by atomic mass is 10.1. The zero-order valence-electron chi connectivity index (χ0n) is 8.15. The Morgan fingerprint density at radius 1 is 1.67 bits per heavy atom. The molecule has 2 rings (SSSR count). The lowest BCUT2D eigenvalue weighted by molar-refractivity contribution is 0.0474. The Morgan fingerprint density at radius 2 is 2.47 bits per heavy atom. The molecule has 0 radical (unpaired) electrons. The Balaban J connectivity index is 2.07. The van der Waals surface area contributed by atoms with Crippen molar-refractivity contribution >= 4 is 39.8 Å². The van der Waals surface area contributed by atoms with Gasteiger partial charge in [0.05, 0.1) is 14.6 Å². The van der Waals surface area contributed by atoms with E-state index in [1.807, 2.05) is 11.4 Å². The summed E-state index contributed by atoms with van der Waals surface area (Å²) in [4.78, 5) is 13.7. The molecule has 1 aliphatic rings. The van der Waals surface area contributed by atoms with Gasteiger partial charge in [-0.15, -0.1) is 11.3 Å². The largest absolute Gasteiger partial charge is 0.391 e. The smallest absolute Gasteiger partial charge is 0.254 e. The number of hydrogen-bond donors (Lipinski definition) is 1. The summed E-state index contributed by atoms with van der Waals surface area (Å²) >= 11 is 3.78. The highest BCUT2D eigenvalue weighted by atomic mass is 127. The standard InChI is InChI=1S/C10H12INO2S/c11-9-4-7(6-15-9)10(14)12-3-1-2-8(13)5-12/h4,6,8,13H,1-3,5H2. The molecule has 0 saturated carbocycles. The highest BCUT2D eigenvalue weighted by molar-refractivity contribution is 14.1. The van der Waals surface area contributed by atoms with Gasteiger partial charge in [-0.1, -0.05) is 0 Å². The number of β-amino-alcohol motifs (C(OH)–C–C–N with tert-alkyl or cyclic N) is 1. The van der Waals surface area contributed by atoms with Crippen LogP contribution in [0.15, 0.2) is 11.4 Å². The van der Waals surface area contributed by atoms with Gasteiger partial charge in [0.1, 0.15) is 0 Å². The molecule has 82 valence electrons. The molecule has 1 N–H and O–H groups in total. The number of halogens is 1. The Morgan fingerprint density at radius 3 is 3.07 bits per heavy atom. The number of hydrogen-bond acceptors (Lipinski definition) is 3. The number of aliphatic hydroxyl groups excluding tert-OH is 1. The van der Waals surface area contributed by atoms with Gasteiger partial charge in [0, 0.05) is 18.5 Å². The molecule has 0 spiro atoms. The molecule has 0 aliphatic carbocycles. The predicted molar refractivity (Wildman–Crippen MR) is 68.2 cm³/mol. The molecule has 1 aliphatic heterocycles. The van der Waals surface area contributed by atoms with Gasteiger partial charge in [-0.2, -0.15) is 0 Å². The van der Waals surface area contributed by atoms with Gasteiger partial charge in [-0.25, -0.2) is 0 Å². The molecule has 1 unspecified atom stereocenters. The van der Waals surface area contributed by atoms with Crippen LogP contribution >= 0.6 is 33.9 Å². The Hall–Kier alpha value is -0.140. The van der Waals surface area contributed by atoms with E-state index in [4.69, 9.17) is 0 Å². The van der Waals surface area contributed by atoms with E-state index >= 15 is 0 Å². The SMILES string of the molecule is O=C(c1csc(I)c1)N1CCCC(O)C1. The maximum atomic E-state index is 12.0. The summed E-state index contributed by atoms with van der Waals surface area (Å²) in [7, 11) is 0. The van der Waals surface area contributed by atoms with Crippen LogP contribution in [-0.2, 0) is 0 Å². The number of piperidine rings is 1. The number of rotatable bonds is 1. The second kappa shape index (κ2) is 4.80. The molecule has 15 heavy (non-hydrogen) atoms. The molecule has 1 saturated heterocycles. The summed E-state index contributed by atoms with van der Waals surface area (Å²) in [6.07, 6.45) is 1.36. The lowest BCUT2D eigenvalue weighted by Gasteiger charge is -2.29. The number of thiophene rings is 1. The van der Waals surface area contributed by atoms with Crippen molar-refractivity contribution in [3.63, 3.8) is 0 Å². The molecule has 0 aromatic carbocycles. The fraction of sp³-hybridized carbons (Fsp3) is 0.500. The first-order valence-corrected chi connectivity index (χ1v) is 6.84. The van der Waals surface area contributed by atoms with Crippen LogP contribution in [-0.4, -0.2) is 35.1 Å². The highest BCUT2D eigenvalue weighted by Gasteiger charge is 2.23. The third-order valence-corrected chi connectivity index (χ3v) is 4.29. The lowest BCUT2D eigenvalue weighted by Crippen LogP contribution is -2.42. The van der Waals surface area contributed by atoms with Crippen molar-refractivity contribution in [2.24, 2.45) is 0 Å². The van der Waals surface area contributed by atoms with Crippen LogP contribution in [0.5, 0.6) is 0 Å². The van der Waals surface area contributed by atoms with Crippen LogP contribution < -0.4 is 0 Å². The third-order valence-electron chi connectivity index (χ3n) is 2.50. The predicted octanol–water partition coefficient (Wildman–Crippen LogP) is 1.95. The maximum Gasteiger partial charge on any atom is 0.254 e. The highest BCUT2D eigenvalue weighted by Crippen LogP contribution is 2.20. The fourth-order valence-corrected chi connectivity index (χ4v) is 3.06.